The summed E-state index contributed by atoms with van der Waals surface area (Å²) in [6, 6.07) is 4.85. The second-order valence-corrected chi connectivity index (χ2v) is 5.16. The lowest BCUT2D eigenvalue weighted by atomic mass is 10.1. The molecule has 0 aliphatic rings. The van der Waals surface area contributed by atoms with Gasteiger partial charge in [-0.25, -0.2) is 0 Å². The second-order valence-electron chi connectivity index (χ2n) is 5.16. The molecule has 0 saturated heterocycles. The van der Waals surface area contributed by atoms with Crippen LogP contribution in [0.4, 0.5) is 5.69 Å². The van der Waals surface area contributed by atoms with E-state index in [9.17, 15) is 9.59 Å². The molecule has 0 saturated carbocycles. The molecule has 0 heterocycles. The first-order chi connectivity index (χ1) is 9.93. The molecule has 4 N–H and O–H groups in total. The van der Waals surface area contributed by atoms with Gasteiger partial charge in [0.25, 0.3) is 5.91 Å². The average Bonchev–Trinajstić information content (AvgIpc) is 2.44. The van der Waals surface area contributed by atoms with Crippen LogP contribution in [0.25, 0.3) is 0 Å². The highest BCUT2D eigenvalue weighted by Crippen LogP contribution is 2.19. The lowest BCUT2D eigenvalue weighted by Crippen LogP contribution is -2.32. The fourth-order valence-corrected chi connectivity index (χ4v) is 1.67. The molecule has 6 heteroatoms. The van der Waals surface area contributed by atoms with Crippen LogP contribution < -0.4 is 21.1 Å². The third-order valence-corrected chi connectivity index (χ3v) is 2.85. The van der Waals surface area contributed by atoms with Gasteiger partial charge in [-0.2, -0.15) is 0 Å². The standard InChI is InChI=1S/C15H23N3O3/c1-10(2)9-18-14(19)6-7-17-15(20)12-5-4-11(21-3)8-13(12)16/h4-5,8,10H,6-7,9,16H2,1-3H3,(H,17,20)(H,18,19). The number of nitrogen functional groups attached to an aromatic ring is 1. The van der Waals surface area contributed by atoms with E-state index in [2.05, 4.69) is 10.6 Å². The molecule has 0 unspecified atom stereocenters. The van der Waals surface area contributed by atoms with Crippen molar-refractivity contribution in [1.82, 2.24) is 10.6 Å². The van der Waals surface area contributed by atoms with E-state index in [0.717, 1.165) is 0 Å². The van der Waals surface area contributed by atoms with Crippen LogP contribution in [-0.4, -0.2) is 32.0 Å². The molecule has 1 aromatic rings. The van der Waals surface area contributed by atoms with Crippen LogP contribution in [0.15, 0.2) is 18.2 Å². The fraction of sp³-hybridized carbons (Fsp3) is 0.467. The Morgan fingerprint density at radius 1 is 1.29 bits per heavy atom. The highest BCUT2D eigenvalue weighted by molar-refractivity contribution is 5.99. The predicted molar refractivity (Wildman–Crippen MR) is 82.2 cm³/mol. The Kier molecular flexibility index (Phi) is 6.52. The number of carbonyl (C=O) groups is 2. The SMILES string of the molecule is COc1ccc(C(=O)NCCC(=O)NCC(C)C)c(N)c1. The lowest BCUT2D eigenvalue weighted by Gasteiger charge is -2.10. The Balaban J connectivity index is 2.42. The first kappa shape index (κ1) is 16.8. The van der Waals surface area contributed by atoms with Crippen molar-refractivity contribution in [3.8, 4) is 5.75 Å². The molecule has 1 aromatic carbocycles. The van der Waals surface area contributed by atoms with Crippen LogP contribution >= 0.6 is 0 Å². The number of hydrogen-bond donors (Lipinski definition) is 3. The van der Waals surface area contributed by atoms with Gasteiger partial charge in [0, 0.05) is 31.3 Å². The van der Waals surface area contributed by atoms with Crippen LogP contribution in [-0.2, 0) is 4.79 Å². The van der Waals surface area contributed by atoms with E-state index in [1.54, 1.807) is 18.2 Å². The summed E-state index contributed by atoms with van der Waals surface area (Å²) in [7, 11) is 1.53. The molecule has 0 aromatic heterocycles. The van der Waals surface area contributed by atoms with Gasteiger partial charge < -0.3 is 21.1 Å². The van der Waals surface area contributed by atoms with E-state index in [0.29, 0.717) is 29.5 Å². The summed E-state index contributed by atoms with van der Waals surface area (Å²) in [4.78, 5) is 23.5. The quantitative estimate of drug-likeness (QED) is 0.658. The monoisotopic (exact) mass is 293 g/mol. The predicted octanol–water partition coefficient (Wildman–Crippen LogP) is 1.17. The van der Waals surface area contributed by atoms with E-state index >= 15 is 0 Å². The number of hydrogen-bond acceptors (Lipinski definition) is 4. The number of nitrogens with one attached hydrogen (secondary N) is 2. The molecule has 0 aliphatic carbocycles. The maximum Gasteiger partial charge on any atom is 0.253 e. The van der Waals surface area contributed by atoms with Gasteiger partial charge in [0.15, 0.2) is 0 Å². The molecule has 116 valence electrons. The molecule has 1 rings (SSSR count). The van der Waals surface area contributed by atoms with Gasteiger partial charge in [0.1, 0.15) is 5.75 Å². The summed E-state index contributed by atoms with van der Waals surface area (Å²) in [6.45, 7) is 4.95. The molecule has 0 radical (unpaired) electrons. The maximum absolute atomic E-state index is 11.9. The zero-order valence-corrected chi connectivity index (χ0v) is 12.7. The minimum absolute atomic E-state index is 0.0771. The Morgan fingerprint density at radius 2 is 2.00 bits per heavy atom. The number of amides is 2. The largest absolute Gasteiger partial charge is 0.497 e. The smallest absolute Gasteiger partial charge is 0.253 e. The van der Waals surface area contributed by atoms with E-state index in [1.807, 2.05) is 13.8 Å². The van der Waals surface area contributed by atoms with Gasteiger partial charge in [-0.15, -0.1) is 0 Å². The highest BCUT2D eigenvalue weighted by atomic mass is 16.5. The van der Waals surface area contributed by atoms with Crippen LogP contribution in [0, 0.1) is 5.92 Å². The van der Waals surface area contributed by atoms with Crippen LogP contribution in [0.5, 0.6) is 5.75 Å². The Hall–Kier alpha value is -2.24. The summed E-state index contributed by atoms with van der Waals surface area (Å²) in [5.74, 6) is 0.623. The number of rotatable bonds is 7. The molecule has 6 nitrogen and oxygen atoms in total. The third-order valence-electron chi connectivity index (χ3n) is 2.85. The molecule has 21 heavy (non-hydrogen) atoms. The highest BCUT2D eigenvalue weighted by Gasteiger charge is 2.11. The van der Waals surface area contributed by atoms with Crippen molar-refractivity contribution in [2.75, 3.05) is 25.9 Å². The lowest BCUT2D eigenvalue weighted by molar-refractivity contribution is -0.121. The number of methoxy groups -OCH3 is 1. The third kappa shape index (κ3) is 5.72. The summed E-state index contributed by atoms with van der Waals surface area (Å²) in [5.41, 5.74) is 6.51. The maximum atomic E-state index is 11.9. The Morgan fingerprint density at radius 3 is 2.57 bits per heavy atom. The van der Waals surface area contributed by atoms with Gasteiger partial charge in [-0.1, -0.05) is 13.8 Å². The topological polar surface area (TPSA) is 93.4 Å². The second kappa shape index (κ2) is 8.14. The molecular weight excluding hydrogens is 270 g/mol. The van der Waals surface area contributed by atoms with Crippen molar-refractivity contribution in [3.05, 3.63) is 23.8 Å². The van der Waals surface area contributed by atoms with Crippen LogP contribution in [0.3, 0.4) is 0 Å². The number of benzene rings is 1. The molecule has 0 spiro atoms. The Labute approximate surface area is 125 Å². The van der Waals surface area contributed by atoms with Crippen LogP contribution in [0.1, 0.15) is 30.6 Å². The molecular formula is C15H23N3O3. The molecule has 0 bridgehead atoms. The van der Waals surface area contributed by atoms with E-state index < -0.39 is 0 Å². The van der Waals surface area contributed by atoms with Crippen molar-refractivity contribution in [1.29, 1.82) is 0 Å². The van der Waals surface area contributed by atoms with Gasteiger partial charge in [0.05, 0.1) is 12.7 Å². The molecule has 0 atom stereocenters. The van der Waals surface area contributed by atoms with Crippen molar-refractivity contribution < 1.29 is 14.3 Å². The molecule has 0 fully saturated rings. The van der Waals surface area contributed by atoms with Crippen molar-refractivity contribution in [3.63, 3.8) is 0 Å². The van der Waals surface area contributed by atoms with Gasteiger partial charge >= 0.3 is 0 Å². The zero-order valence-electron chi connectivity index (χ0n) is 12.7. The summed E-state index contributed by atoms with van der Waals surface area (Å²) in [5, 5.41) is 5.47. The minimum atomic E-state index is -0.299. The number of nitrogens with two attached hydrogens (primary N) is 1. The van der Waals surface area contributed by atoms with Gasteiger partial charge in [0.2, 0.25) is 5.91 Å². The van der Waals surface area contributed by atoms with Crippen LogP contribution in [0.2, 0.25) is 0 Å². The first-order valence-corrected chi connectivity index (χ1v) is 6.92. The van der Waals surface area contributed by atoms with Crippen molar-refractivity contribution in [2.45, 2.75) is 20.3 Å². The first-order valence-electron chi connectivity index (χ1n) is 6.92. The Bertz CT molecular complexity index is 501. The summed E-state index contributed by atoms with van der Waals surface area (Å²) >= 11 is 0. The zero-order chi connectivity index (χ0) is 15.8. The minimum Gasteiger partial charge on any atom is -0.497 e. The van der Waals surface area contributed by atoms with Gasteiger partial charge in [-0.3, -0.25) is 9.59 Å². The number of anilines is 1. The summed E-state index contributed by atoms with van der Waals surface area (Å²) in [6.07, 6.45) is 0.245. The number of ether oxygens (including phenoxy) is 1. The number of carbonyl (C=O) groups excluding carboxylic acids is 2. The van der Waals surface area contributed by atoms with E-state index in [1.165, 1.54) is 7.11 Å². The van der Waals surface area contributed by atoms with E-state index in [-0.39, 0.29) is 24.8 Å². The van der Waals surface area contributed by atoms with Gasteiger partial charge in [-0.05, 0) is 18.1 Å². The fourth-order valence-electron chi connectivity index (χ4n) is 1.67. The summed E-state index contributed by atoms with van der Waals surface area (Å²) < 4.78 is 5.02. The average molecular weight is 293 g/mol. The van der Waals surface area contributed by atoms with Crippen molar-refractivity contribution >= 4 is 17.5 Å². The molecule has 0 aliphatic heterocycles. The van der Waals surface area contributed by atoms with E-state index in [4.69, 9.17) is 10.5 Å². The molecule has 2 amide bonds. The van der Waals surface area contributed by atoms with Crippen molar-refractivity contribution in [2.24, 2.45) is 5.92 Å². The normalized spacial score (nSPS) is 10.3.